The molecule has 24 heavy (non-hydrogen) atoms. The first kappa shape index (κ1) is 17.0. The molecule has 0 saturated heterocycles. The highest BCUT2D eigenvalue weighted by molar-refractivity contribution is 7.13. The minimum absolute atomic E-state index is 0.0617. The van der Waals surface area contributed by atoms with Crippen LogP contribution in [0, 0.1) is 0 Å². The molecule has 2 unspecified atom stereocenters. The number of rotatable bonds is 5. The first-order valence-corrected chi connectivity index (χ1v) is 9.33. The predicted octanol–water partition coefficient (Wildman–Crippen LogP) is 2.74. The van der Waals surface area contributed by atoms with Crippen molar-refractivity contribution in [3.63, 3.8) is 0 Å². The summed E-state index contributed by atoms with van der Waals surface area (Å²) in [5.41, 5.74) is 1.67. The molecule has 0 bridgehead atoms. The van der Waals surface area contributed by atoms with Crippen LogP contribution in [0.1, 0.15) is 31.4 Å². The van der Waals surface area contributed by atoms with Gasteiger partial charge in [-0.05, 0) is 39.1 Å². The highest BCUT2D eigenvalue weighted by Gasteiger charge is 2.28. The van der Waals surface area contributed by atoms with Crippen LogP contribution in [0.3, 0.4) is 0 Å². The molecule has 2 aromatic rings. The third-order valence-electron chi connectivity index (χ3n) is 4.52. The normalized spacial score (nSPS) is 21.0. The molecule has 128 valence electrons. The maximum atomic E-state index is 12.4. The second-order valence-electron chi connectivity index (χ2n) is 6.53. The molecule has 1 N–H and O–H groups in total. The van der Waals surface area contributed by atoms with Gasteiger partial charge in [-0.25, -0.2) is 4.98 Å². The summed E-state index contributed by atoms with van der Waals surface area (Å²) in [6.45, 7) is 0. The lowest BCUT2D eigenvalue weighted by Gasteiger charge is -2.36. The number of likely N-dealkylation sites (N-methyl/N-ethyl adjacent to an activating group) is 1. The van der Waals surface area contributed by atoms with E-state index in [0.29, 0.717) is 12.5 Å². The average Bonchev–Trinajstić information content (AvgIpc) is 3.04. The lowest BCUT2D eigenvalue weighted by Crippen LogP contribution is -2.51. The van der Waals surface area contributed by atoms with Crippen molar-refractivity contribution in [1.82, 2.24) is 20.2 Å². The SMILES string of the molecule is CN(C)C1CCCCC1NC(=O)Cc1csc(-c2ccccn2)n1. The Morgan fingerprint density at radius 1 is 1.33 bits per heavy atom. The zero-order valence-electron chi connectivity index (χ0n) is 14.2. The van der Waals surface area contributed by atoms with Crippen molar-refractivity contribution in [2.24, 2.45) is 0 Å². The lowest BCUT2D eigenvalue weighted by atomic mass is 9.89. The van der Waals surface area contributed by atoms with Gasteiger partial charge in [0.1, 0.15) is 5.01 Å². The van der Waals surface area contributed by atoms with E-state index in [1.54, 1.807) is 6.20 Å². The van der Waals surface area contributed by atoms with Gasteiger partial charge in [0.25, 0.3) is 0 Å². The van der Waals surface area contributed by atoms with Crippen molar-refractivity contribution in [3.05, 3.63) is 35.5 Å². The molecule has 1 fully saturated rings. The number of hydrogen-bond donors (Lipinski definition) is 1. The summed E-state index contributed by atoms with van der Waals surface area (Å²) < 4.78 is 0. The molecule has 0 spiro atoms. The summed E-state index contributed by atoms with van der Waals surface area (Å²) in [4.78, 5) is 23.5. The van der Waals surface area contributed by atoms with Crippen LogP contribution in [-0.4, -0.2) is 47.0 Å². The van der Waals surface area contributed by atoms with Crippen molar-refractivity contribution < 1.29 is 4.79 Å². The van der Waals surface area contributed by atoms with Gasteiger partial charge in [-0.2, -0.15) is 0 Å². The zero-order chi connectivity index (χ0) is 16.9. The molecule has 6 heteroatoms. The second kappa shape index (κ2) is 7.85. The number of nitrogens with zero attached hydrogens (tertiary/aromatic N) is 3. The molecular weight excluding hydrogens is 320 g/mol. The zero-order valence-corrected chi connectivity index (χ0v) is 15.1. The molecular formula is C18H24N4OS. The average molecular weight is 344 g/mol. The minimum atomic E-state index is 0.0617. The van der Waals surface area contributed by atoms with Gasteiger partial charge in [-0.1, -0.05) is 18.9 Å². The number of aromatic nitrogens is 2. The quantitative estimate of drug-likeness (QED) is 0.906. The Balaban J connectivity index is 1.60. The largest absolute Gasteiger partial charge is 0.351 e. The monoisotopic (exact) mass is 344 g/mol. The van der Waals surface area contributed by atoms with E-state index in [1.165, 1.54) is 24.2 Å². The van der Waals surface area contributed by atoms with E-state index in [1.807, 2.05) is 23.6 Å². The molecule has 1 aliphatic rings. The topological polar surface area (TPSA) is 58.1 Å². The number of pyridine rings is 1. The van der Waals surface area contributed by atoms with E-state index in [2.05, 4.69) is 34.3 Å². The molecule has 3 rings (SSSR count). The smallest absolute Gasteiger partial charge is 0.226 e. The van der Waals surface area contributed by atoms with Crippen LogP contribution in [-0.2, 0) is 11.2 Å². The third kappa shape index (κ3) is 4.19. The number of carbonyl (C=O) groups is 1. The van der Waals surface area contributed by atoms with Crippen LogP contribution in [0.4, 0.5) is 0 Å². The molecule has 0 aliphatic heterocycles. The van der Waals surface area contributed by atoms with E-state index in [-0.39, 0.29) is 11.9 Å². The maximum Gasteiger partial charge on any atom is 0.226 e. The summed E-state index contributed by atoms with van der Waals surface area (Å²) in [5, 5.41) is 6.03. The highest BCUT2D eigenvalue weighted by Crippen LogP contribution is 2.23. The number of hydrogen-bond acceptors (Lipinski definition) is 5. The van der Waals surface area contributed by atoms with Crippen LogP contribution in [0.2, 0.25) is 0 Å². The van der Waals surface area contributed by atoms with E-state index in [0.717, 1.165) is 29.2 Å². The third-order valence-corrected chi connectivity index (χ3v) is 5.43. The minimum Gasteiger partial charge on any atom is -0.351 e. The van der Waals surface area contributed by atoms with Gasteiger partial charge in [0.15, 0.2) is 0 Å². The Morgan fingerprint density at radius 2 is 2.17 bits per heavy atom. The highest BCUT2D eigenvalue weighted by atomic mass is 32.1. The summed E-state index contributed by atoms with van der Waals surface area (Å²) in [7, 11) is 4.18. The molecule has 1 aliphatic carbocycles. The van der Waals surface area contributed by atoms with Gasteiger partial charge >= 0.3 is 0 Å². The van der Waals surface area contributed by atoms with Crippen LogP contribution < -0.4 is 5.32 Å². The fraction of sp³-hybridized carbons (Fsp3) is 0.500. The summed E-state index contributed by atoms with van der Waals surface area (Å²) >= 11 is 1.53. The number of carbonyl (C=O) groups excluding carboxylic acids is 1. The number of amides is 1. The number of thiazole rings is 1. The van der Waals surface area contributed by atoms with E-state index in [4.69, 9.17) is 0 Å². The lowest BCUT2D eigenvalue weighted by molar-refractivity contribution is -0.121. The van der Waals surface area contributed by atoms with Gasteiger partial charge < -0.3 is 10.2 Å². The van der Waals surface area contributed by atoms with Crippen LogP contribution in [0.15, 0.2) is 29.8 Å². The fourth-order valence-corrected chi connectivity index (χ4v) is 4.11. The summed E-state index contributed by atoms with van der Waals surface area (Å²) in [6, 6.07) is 6.45. The van der Waals surface area contributed by atoms with Crippen molar-refractivity contribution >= 4 is 17.2 Å². The Labute approximate surface area is 147 Å². The molecule has 2 atom stereocenters. The molecule has 1 amide bonds. The van der Waals surface area contributed by atoms with Crippen molar-refractivity contribution in [2.75, 3.05) is 14.1 Å². The molecule has 0 radical (unpaired) electrons. The van der Waals surface area contributed by atoms with Gasteiger partial charge in [0, 0.05) is 23.7 Å². The molecule has 5 nitrogen and oxygen atoms in total. The van der Waals surface area contributed by atoms with Crippen LogP contribution in [0.25, 0.3) is 10.7 Å². The van der Waals surface area contributed by atoms with Crippen molar-refractivity contribution in [1.29, 1.82) is 0 Å². The van der Waals surface area contributed by atoms with Gasteiger partial charge in [0.05, 0.1) is 17.8 Å². The first-order valence-electron chi connectivity index (χ1n) is 8.45. The van der Waals surface area contributed by atoms with Crippen LogP contribution >= 0.6 is 11.3 Å². The van der Waals surface area contributed by atoms with Crippen molar-refractivity contribution in [3.8, 4) is 10.7 Å². The first-order chi connectivity index (χ1) is 11.6. The Hall–Kier alpha value is -1.79. The molecule has 1 saturated carbocycles. The second-order valence-corrected chi connectivity index (χ2v) is 7.38. The Morgan fingerprint density at radius 3 is 2.92 bits per heavy atom. The van der Waals surface area contributed by atoms with E-state index in [9.17, 15) is 4.79 Å². The van der Waals surface area contributed by atoms with Gasteiger partial charge in [0.2, 0.25) is 5.91 Å². The Kier molecular flexibility index (Phi) is 5.58. The maximum absolute atomic E-state index is 12.4. The molecule has 2 aromatic heterocycles. The van der Waals surface area contributed by atoms with E-state index >= 15 is 0 Å². The Bertz CT molecular complexity index is 671. The fourth-order valence-electron chi connectivity index (χ4n) is 3.32. The van der Waals surface area contributed by atoms with E-state index < -0.39 is 0 Å². The van der Waals surface area contributed by atoms with Crippen LogP contribution in [0.5, 0.6) is 0 Å². The van der Waals surface area contributed by atoms with Crippen molar-refractivity contribution in [2.45, 2.75) is 44.2 Å². The standard InChI is InChI=1S/C18H24N4OS/c1-22(2)16-9-4-3-7-14(16)21-17(23)11-13-12-24-18(20-13)15-8-5-6-10-19-15/h5-6,8,10,12,14,16H,3-4,7,9,11H2,1-2H3,(H,21,23). The summed E-state index contributed by atoms with van der Waals surface area (Å²) in [5.74, 6) is 0.0617. The molecule has 2 heterocycles. The van der Waals surface area contributed by atoms with Gasteiger partial charge in [-0.3, -0.25) is 9.78 Å². The van der Waals surface area contributed by atoms with Gasteiger partial charge in [-0.15, -0.1) is 11.3 Å². The summed E-state index contributed by atoms with van der Waals surface area (Å²) in [6.07, 6.45) is 6.74. The molecule has 0 aromatic carbocycles. The predicted molar refractivity (Wildman–Crippen MR) is 96.9 cm³/mol. The number of nitrogens with one attached hydrogen (secondary N) is 1.